The SMILES string of the molecule is CCOc1ccc(-c2noc(-c3cc(-c4cccc(Br)c4)n[nH]3)n2)cc1OC. The van der Waals surface area contributed by atoms with E-state index in [2.05, 4.69) is 36.3 Å². The zero-order valence-electron chi connectivity index (χ0n) is 15.3. The molecule has 0 aliphatic carbocycles. The minimum absolute atomic E-state index is 0.358. The van der Waals surface area contributed by atoms with Crippen LogP contribution < -0.4 is 9.47 Å². The van der Waals surface area contributed by atoms with Gasteiger partial charge in [-0.2, -0.15) is 10.1 Å². The van der Waals surface area contributed by atoms with Gasteiger partial charge in [0.25, 0.3) is 5.89 Å². The fourth-order valence-corrected chi connectivity index (χ4v) is 3.16. The van der Waals surface area contributed by atoms with E-state index in [4.69, 9.17) is 14.0 Å². The molecule has 0 amide bonds. The molecule has 0 atom stereocenters. The number of hydrogen-bond acceptors (Lipinski definition) is 6. The standard InChI is InChI=1S/C20H17BrN4O3/c1-3-27-17-8-7-13(10-18(17)26-2)19-22-20(28-25-19)16-11-15(23-24-16)12-5-4-6-14(21)9-12/h4-11H,3H2,1-2H3,(H,23,24). The molecule has 2 heterocycles. The summed E-state index contributed by atoms with van der Waals surface area (Å²) in [4.78, 5) is 4.47. The van der Waals surface area contributed by atoms with Gasteiger partial charge in [0.2, 0.25) is 5.82 Å². The first-order chi connectivity index (χ1) is 13.7. The summed E-state index contributed by atoms with van der Waals surface area (Å²) < 4.78 is 17.3. The van der Waals surface area contributed by atoms with Crippen molar-refractivity contribution in [2.45, 2.75) is 6.92 Å². The van der Waals surface area contributed by atoms with Crippen molar-refractivity contribution in [1.82, 2.24) is 20.3 Å². The number of methoxy groups -OCH3 is 1. The number of benzene rings is 2. The first-order valence-electron chi connectivity index (χ1n) is 8.64. The zero-order chi connectivity index (χ0) is 19.5. The van der Waals surface area contributed by atoms with E-state index in [0.29, 0.717) is 35.5 Å². The highest BCUT2D eigenvalue weighted by atomic mass is 79.9. The summed E-state index contributed by atoms with van der Waals surface area (Å²) in [6, 6.07) is 15.3. The molecule has 0 saturated carbocycles. The van der Waals surface area contributed by atoms with Crippen LogP contribution in [-0.2, 0) is 0 Å². The van der Waals surface area contributed by atoms with E-state index in [0.717, 1.165) is 21.3 Å². The van der Waals surface area contributed by atoms with Gasteiger partial charge in [-0.25, -0.2) is 0 Å². The smallest absolute Gasteiger partial charge is 0.276 e. The van der Waals surface area contributed by atoms with Gasteiger partial charge in [-0.15, -0.1) is 0 Å². The molecule has 1 N–H and O–H groups in total. The van der Waals surface area contributed by atoms with Crippen molar-refractivity contribution in [3.05, 3.63) is 53.0 Å². The van der Waals surface area contributed by atoms with E-state index in [1.54, 1.807) is 7.11 Å². The molecule has 0 radical (unpaired) electrons. The number of H-pyrrole nitrogens is 1. The molecule has 142 valence electrons. The summed E-state index contributed by atoms with van der Waals surface area (Å²) >= 11 is 3.47. The van der Waals surface area contributed by atoms with E-state index < -0.39 is 0 Å². The minimum atomic E-state index is 0.358. The van der Waals surface area contributed by atoms with E-state index in [1.807, 2.05) is 55.5 Å². The van der Waals surface area contributed by atoms with Crippen LogP contribution in [0, 0.1) is 0 Å². The molecule has 0 bridgehead atoms. The van der Waals surface area contributed by atoms with Crippen LogP contribution in [0.25, 0.3) is 34.2 Å². The number of aromatic amines is 1. The van der Waals surface area contributed by atoms with Crippen LogP contribution in [0.15, 0.2) is 57.5 Å². The molecule has 0 aliphatic rings. The van der Waals surface area contributed by atoms with Crippen molar-refractivity contribution < 1.29 is 14.0 Å². The largest absolute Gasteiger partial charge is 0.493 e. The van der Waals surface area contributed by atoms with Gasteiger partial charge >= 0.3 is 0 Å². The predicted molar refractivity (Wildman–Crippen MR) is 108 cm³/mol. The third kappa shape index (κ3) is 3.63. The second kappa shape index (κ2) is 7.85. The van der Waals surface area contributed by atoms with Gasteiger partial charge < -0.3 is 14.0 Å². The van der Waals surface area contributed by atoms with Crippen LogP contribution in [0.1, 0.15) is 6.92 Å². The molecular formula is C20H17BrN4O3. The van der Waals surface area contributed by atoms with Crippen molar-refractivity contribution in [3.63, 3.8) is 0 Å². The Morgan fingerprint density at radius 2 is 1.96 bits per heavy atom. The third-order valence-corrected chi connectivity index (χ3v) is 4.57. The maximum Gasteiger partial charge on any atom is 0.276 e. The van der Waals surface area contributed by atoms with Crippen LogP contribution in [0.5, 0.6) is 11.5 Å². The van der Waals surface area contributed by atoms with Gasteiger partial charge in [0, 0.05) is 15.6 Å². The molecule has 0 unspecified atom stereocenters. The molecule has 0 saturated heterocycles. The van der Waals surface area contributed by atoms with Crippen LogP contribution >= 0.6 is 15.9 Å². The monoisotopic (exact) mass is 440 g/mol. The third-order valence-electron chi connectivity index (χ3n) is 4.08. The Morgan fingerprint density at radius 3 is 2.75 bits per heavy atom. The lowest BCUT2D eigenvalue weighted by Gasteiger charge is -2.09. The molecular weight excluding hydrogens is 424 g/mol. The van der Waals surface area contributed by atoms with Crippen molar-refractivity contribution in [3.8, 4) is 45.7 Å². The highest BCUT2D eigenvalue weighted by molar-refractivity contribution is 9.10. The molecule has 2 aromatic heterocycles. The summed E-state index contributed by atoms with van der Waals surface area (Å²) in [5.74, 6) is 2.10. The molecule has 7 nitrogen and oxygen atoms in total. The van der Waals surface area contributed by atoms with Gasteiger partial charge in [-0.05, 0) is 43.3 Å². The molecule has 4 rings (SSSR count). The Kier molecular flexibility index (Phi) is 5.12. The maximum atomic E-state index is 5.54. The number of ether oxygens (including phenoxy) is 2. The first-order valence-corrected chi connectivity index (χ1v) is 9.44. The highest BCUT2D eigenvalue weighted by Crippen LogP contribution is 2.32. The van der Waals surface area contributed by atoms with Gasteiger partial charge in [0.1, 0.15) is 5.69 Å². The summed E-state index contributed by atoms with van der Waals surface area (Å²) in [5, 5.41) is 11.4. The van der Waals surface area contributed by atoms with Crippen LogP contribution in [0.3, 0.4) is 0 Å². The Morgan fingerprint density at radius 1 is 1.07 bits per heavy atom. The number of hydrogen-bond donors (Lipinski definition) is 1. The Labute approximate surface area is 169 Å². The zero-order valence-corrected chi connectivity index (χ0v) is 16.9. The molecule has 28 heavy (non-hydrogen) atoms. The lowest BCUT2D eigenvalue weighted by Crippen LogP contribution is -1.95. The predicted octanol–water partition coefficient (Wildman–Crippen LogP) is 4.96. The van der Waals surface area contributed by atoms with Gasteiger partial charge in [0.15, 0.2) is 11.5 Å². The van der Waals surface area contributed by atoms with Crippen molar-refractivity contribution >= 4 is 15.9 Å². The molecule has 8 heteroatoms. The molecule has 0 aliphatic heterocycles. The highest BCUT2D eigenvalue weighted by Gasteiger charge is 2.16. The van der Waals surface area contributed by atoms with Crippen LogP contribution in [0.2, 0.25) is 0 Å². The number of aromatic nitrogens is 4. The quantitative estimate of drug-likeness (QED) is 0.455. The molecule has 2 aromatic carbocycles. The van der Waals surface area contributed by atoms with E-state index >= 15 is 0 Å². The number of nitrogens with zero attached hydrogens (tertiary/aromatic N) is 3. The summed E-state index contributed by atoms with van der Waals surface area (Å²) in [6.07, 6.45) is 0. The fraction of sp³-hybridized carbons (Fsp3) is 0.150. The summed E-state index contributed by atoms with van der Waals surface area (Å²) in [5.41, 5.74) is 3.18. The lowest BCUT2D eigenvalue weighted by atomic mass is 10.1. The summed E-state index contributed by atoms with van der Waals surface area (Å²) in [7, 11) is 1.59. The molecule has 4 aromatic rings. The maximum absolute atomic E-state index is 5.54. The average Bonchev–Trinajstić information content (AvgIpc) is 3.38. The van der Waals surface area contributed by atoms with E-state index in [-0.39, 0.29) is 0 Å². The van der Waals surface area contributed by atoms with Crippen LogP contribution in [-0.4, -0.2) is 34.1 Å². The van der Waals surface area contributed by atoms with Crippen molar-refractivity contribution in [2.75, 3.05) is 13.7 Å². The van der Waals surface area contributed by atoms with Crippen molar-refractivity contribution in [2.24, 2.45) is 0 Å². The second-order valence-electron chi connectivity index (χ2n) is 5.90. The average molecular weight is 441 g/mol. The first kappa shape index (κ1) is 18.2. The van der Waals surface area contributed by atoms with E-state index in [9.17, 15) is 0 Å². The van der Waals surface area contributed by atoms with Gasteiger partial charge in [-0.3, -0.25) is 5.10 Å². The Balaban J connectivity index is 1.62. The fourth-order valence-electron chi connectivity index (χ4n) is 2.76. The summed E-state index contributed by atoms with van der Waals surface area (Å²) in [6.45, 7) is 2.48. The Bertz CT molecular complexity index is 1110. The Hall–Kier alpha value is -3.13. The van der Waals surface area contributed by atoms with Gasteiger partial charge in [-0.1, -0.05) is 33.2 Å². The lowest BCUT2D eigenvalue weighted by molar-refractivity contribution is 0.311. The number of rotatable bonds is 6. The second-order valence-corrected chi connectivity index (χ2v) is 6.81. The number of nitrogens with one attached hydrogen (secondary N) is 1. The van der Waals surface area contributed by atoms with Gasteiger partial charge in [0.05, 0.1) is 19.4 Å². The molecule has 0 fully saturated rings. The molecule has 0 spiro atoms. The topological polar surface area (TPSA) is 86.1 Å². The van der Waals surface area contributed by atoms with Crippen molar-refractivity contribution in [1.29, 1.82) is 0 Å². The normalized spacial score (nSPS) is 10.8. The van der Waals surface area contributed by atoms with E-state index in [1.165, 1.54) is 0 Å². The minimum Gasteiger partial charge on any atom is -0.493 e. The van der Waals surface area contributed by atoms with Crippen LogP contribution in [0.4, 0.5) is 0 Å². The number of halogens is 1.